The minimum atomic E-state index is -5.84. The van der Waals surface area contributed by atoms with Crippen LogP contribution in [0.15, 0.2) is 18.2 Å². The number of halogens is 4. The van der Waals surface area contributed by atoms with Gasteiger partial charge in [-0.05, 0) is 12.1 Å². The van der Waals surface area contributed by atoms with Crippen LogP contribution < -0.4 is 4.52 Å². The Hall–Kier alpha value is -1.03. The van der Waals surface area contributed by atoms with Crippen LogP contribution in [-0.4, -0.2) is 0 Å². The first kappa shape index (κ1) is 10.1. The number of rotatable bonds is 2. The first-order valence-corrected chi connectivity index (χ1v) is 4.44. The zero-order chi connectivity index (χ0) is 10.1. The van der Waals surface area contributed by atoms with Gasteiger partial charge in [-0.3, -0.25) is 0 Å². The molecule has 0 N–H and O–H groups in total. The van der Waals surface area contributed by atoms with Gasteiger partial charge in [0.2, 0.25) is 5.82 Å². The van der Waals surface area contributed by atoms with Gasteiger partial charge in [-0.2, -0.15) is 4.39 Å². The van der Waals surface area contributed by atoms with Gasteiger partial charge in [0.15, 0.2) is 11.6 Å². The van der Waals surface area contributed by atoms with Gasteiger partial charge in [-0.1, -0.05) is 6.07 Å². The molecule has 0 saturated heterocycles. The lowest BCUT2D eigenvalue weighted by Gasteiger charge is -2.03. The molecule has 1 rings (SSSR count). The molecule has 0 heterocycles. The van der Waals surface area contributed by atoms with Crippen LogP contribution in [0.4, 0.5) is 17.2 Å². The fourth-order valence-corrected chi connectivity index (χ4v) is 1.04. The highest BCUT2D eigenvalue weighted by Crippen LogP contribution is 2.50. The number of hydrogen-bond donors (Lipinski definition) is 0. The Morgan fingerprint density at radius 2 is 1.85 bits per heavy atom. The molecule has 13 heavy (non-hydrogen) atoms. The number of hydrogen-bond acceptors (Lipinski definition) is 2. The number of benzene rings is 1. The molecule has 0 radical (unpaired) electrons. The van der Waals surface area contributed by atoms with E-state index < -0.39 is 25.4 Å². The maximum Gasteiger partial charge on any atom is 0.610 e. The lowest BCUT2D eigenvalue weighted by molar-refractivity contribution is 0.366. The molecule has 1 aromatic rings. The van der Waals surface area contributed by atoms with E-state index in [4.69, 9.17) is 0 Å². The van der Waals surface area contributed by atoms with Crippen molar-refractivity contribution in [3.8, 4) is 5.75 Å². The van der Waals surface area contributed by atoms with Crippen molar-refractivity contribution in [1.82, 2.24) is 0 Å². The maximum atomic E-state index is 12.6. The first-order chi connectivity index (χ1) is 5.90. The SMILES string of the molecule is O=P(F)(F)Oc1cccc(F)c1F. The van der Waals surface area contributed by atoms with Gasteiger partial charge in [0.25, 0.3) is 0 Å². The molecular formula is C6H3F4O2P. The molecule has 0 atom stereocenters. The molecule has 2 nitrogen and oxygen atoms in total. The van der Waals surface area contributed by atoms with Crippen molar-refractivity contribution in [2.24, 2.45) is 0 Å². The third kappa shape index (κ3) is 2.73. The van der Waals surface area contributed by atoms with Crippen LogP contribution in [0.3, 0.4) is 0 Å². The molecule has 0 unspecified atom stereocenters. The van der Waals surface area contributed by atoms with Crippen LogP contribution in [0.5, 0.6) is 5.75 Å². The third-order valence-electron chi connectivity index (χ3n) is 1.12. The summed E-state index contributed by atoms with van der Waals surface area (Å²) in [5.41, 5.74) is 0. The smallest absolute Gasteiger partial charge is 0.395 e. The molecule has 0 fully saturated rings. The molecule has 0 aliphatic carbocycles. The summed E-state index contributed by atoms with van der Waals surface area (Å²) in [4.78, 5) is 0. The van der Waals surface area contributed by atoms with Crippen molar-refractivity contribution in [2.75, 3.05) is 0 Å². The Balaban J connectivity index is 3.03. The summed E-state index contributed by atoms with van der Waals surface area (Å²) in [7, 11) is -5.84. The quantitative estimate of drug-likeness (QED) is 0.557. The summed E-state index contributed by atoms with van der Waals surface area (Å²) in [6.45, 7) is 0. The van der Waals surface area contributed by atoms with Crippen LogP contribution in [0.2, 0.25) is 0 Å². The van der Waals surface area contributed by atoms with Gasteiger partial charge in [0, 0.05) is 0 Å². The van der Waals surface area contributed by atoms with E-state index in [-0.39, 0.29) is 0 Å². The Morgan fingerprint density at radius 1 is 1.23 bits per heavy atom. The van der Waals surface area contributed by atoms with Crippen molar-refractivity contribution < 1.29 is 26.3 Å². The highest BCUT2D eigenvalue weighted by atomic mass is 31.2. The van der Waals surface area contributed by atoms with Gasteiger partial charge in [-0.15, -0.1) is 8.39 Å². The zero-order valence-corrected chi connectivity index (χ0v) is 6.90. The molecule has 0 spiro atoms. The second-order valence-corrected chi connectivity index (χ2v) is 3.07. The van der Waals surface area contributed by atoms with E-state index in [2.05, 4.69) is 4.52 Å². The normalized spacial score (nSPS) is 11.4. The van der Waals surface area contributed by atoms with E-state index in [9.17, 15) is 21.7 Å². The minimum Gasteiger partial charge on any atom is -0.395 e. The molecule has 0 bridgehead atoms. The van der Waals surface area contributed by atoms with Gasteiger partial charge in [0.1, 0.15) is 0 Å². The van der Waals surface area contributed by atoms with Crippen LogP contribution in [0, 0.1) is 11.6 Å². The molecule has 0 amide bonds. The molecule has 7 heteroatoms. The van der Waals surface area contributed by atoms with Gasteiger partial charge in [-0.25, -0.2) is 8.96 Å². The lowest BCUT2D eigenvalue weighted by Crippen LogP contribution is -1.90. The predicted octanol–water partition coefficient (Wildman–Crippen LogP) is 3.39. The highest BCUT2D eigenvalue weighted by Gasteiger charge is 2.25. The standard InChI is InChI=1S/C6H3F4O2P/c7-4-2-1-3-5(6(4)8)12-13(9,10)11/h1-3H. The summed E-state index contributed by atoms with van der Waals surface area (Å²) >= 11 is 0. The van der Waals surface area contributed by atoms with Crippen molar-refractivity contribution in [1.29, 1.82) is 0 Å². The van der Waals surface area contributed by atoms with Crippen molar-refractivity contribution >= 4 is 7.99 Å². The Bertz CT molecular complexity index is 362. The van der Waals surface area contributed by atoms with E-state index in [0.29, 0.717) is 0 Å². The minimum absolute atomic E-state index is 0.726. The molecule has 0 aliphatic rings. The van der Waals surface area contributed by atoms with Crippen LogP contribution in [-0.2, 0) is 4.57 Å². The van der Waals surface area contributed by atoms with Gasteiger partial charge >= 0.3 is 7.99 Å². The van der Waals surface area contributed by atoms with E-state index in [1.54, 1.807) is 0 Å². The van der Waals surface area contributed by atoms with Crippen LogP contribution in [0.25, 0.3) is 0 Å². The molecule has 0 aliphatic heterocycles. The molecular weight excluding hydrogens is 211 g/mol. The second kappa shape index (κ2) is 3.38. The van der Waals surface area contributed by atoms with E-state index in [1.807, 2.05) is 0 Å². The largest absolute Gasteiger partial charge is 0.610 e. The topological polar surface area (TPSA) is 26.3 Å². The van der Waals surface area contributed by atoms with E-state index in [0.717, 1.165) is 18.2 Å². The summed E-state index contributed by atoms with van der Waals surface area (Å²) in [6, 6.07) is 2.44. The average Bonchev–Trinajstić information content (AvgIpc) is 1.96. The summed E-state index contributed by atoms with van der Waals surface area (Å²) < 4.78 is 61.7. The average molecular weight is 214 g/mol. The Morgan fingerprint density at radius 3 is 2.38 bits per heavy atom. The van der Waals surface area contributed by atoms with Gasteiger partial charge < -0.3 is 4.52 Å². The summed E-state index contributed by atoms with van der Waals surface area (Å²) in [5.74, 6) is -3.99. The lowest BCUT2D eigenvalue weighted by atomic mass is 10.3. The second-order valence-electron chi connectivity index (χ2n) is 2.06. The monoisotopic (exact) mass is 214 g/mol. The third-order valence-corrected chi connectivity index (χ3v) is 1.53. The molecule has 1 aromatic carbocycles. The predicted molar refractivity (Wildman–Crippen MR) is 36.8 cm³/mol. The van der Waals surface area contributed by atoms with E-state index in [1.165, 1.54) is 0 Å². The van der Waals surface area contributed by atoms with Crippen molar-refractivity contribution in [2.45, 2.75) is 0 Å². The van der Waals surface area contributed by atoms with Crippen LogP contribution in [0.1, 0.15) is 0 Å². The van der Waals surface area contributed by atoms with Gasteiger partial charge in [0.05, 0.1) is 0 Å². The molecule has 72 valence electrons. The molecule has 0 saturated carbocycles. The van der Waals surface area contributed by atoms with Crippen molar-refractivity contribution in [3.05, 3.63) is 29.8 Å². The fourth-order valence-electron chi connectivity index (χ4n) is 0.669. The highest BCUT2D eigenvalue weighted by molar-refractivity contribution is 7.48. The summed E-state index contributed by atoms with van der Waals surface area (Å²) in [5, 5.41) is 0. The summed E-state index contributed by atoms with van der Waals surface area (Å²) in [6.07, 6.45) is 0. The molecule has 0 aromatic heterocycles. The van der Waals surface area contributed by atoms with E-state index >= 15 is 0 Å². The van der Waals surface area contributed by atoms with Crippen molar-refractivity contribution in [3.63, 3.8) is 0 Å². The fraction of sp³-hybridized carbons (Fsp3) is 0. The Kier molecular flexibility index (Phi) is 2.61. The van der Waals surface area contributed by atoms with Crippen LogP contribution >= 0.6 is 7.99 Å². The maximum absolute atomic E-state index is 12.6. The zero-order valence-electron chi connectivity index (χ0n) is 6.01. The first-order valence-electron chi connectivity index (χ1n) is 3.03. The Labute approximate surface area is 70.8 Å².